The zero-order valence-corrected chi connectivity index (χ0v) is 13.6. The highest BCUT2D eigenvalue weighted by atomic mass is 32.2. The molecule has 0 spiro atoms. The molecule has 1 aromatic carbocycles. The van der Waals surface area contributed by atoms with Crippen molar-refractivity contribution in [1.29, 1.82) is 0 Å². The zero-order chi connectivity index (χ0) is 17.0. The van der Waals surface area contributed by atoms with E-state index in [-0.39, 0.29) is 23.4 Å². The van der Waals surface area contributed by atoms with Crippen LogP contribution in [0.1, 0.15) is 19.5 Å². The Morgan fingerprint density at radius 3 is 2.57 bits per heavy atom. The molecule has 0 atom stereocenters. The van der Waals surface area contributed by atoms with Crippen LogP contribution in [0, 0.1) is 5.82 Å². The Bertz CT molecular complexity index is 782. The van der Waals surface area contributed by atoms with Crippen molar-refractivity contribution >= 4 is 15.7 Å². The third kappa shape index (κ3) is 5.17. The van der Waals surface area contributed by atoms with Crippen molar-refractivity contribution in [2.24, 2.45) is 0 Å². The van der Waals surface area contributed by atoms with Crippen LogP contribution in [0.25, 0.3) is 11.5 Å². The number of rotatable bonds is 6. The summed E-state index contributed by atoms with van der Waals surface area (Å²) < 4.78 is 42.1. The van der Waals surface area contributed by atoms with Crippen LogP contribution >= 0.6 is 0 Å². The summed E-state index contributed by atoms with van der Waals surface area (Å²) in [7, 11) is -3.65. The fraction of sp³-hybridized carbons (Fsp3) is 0.333. The van der Waals surface area contributed by atoms with Crippen molar-refractivity contribution in [3.05, 3.63) is 42.0 Å². The fourth-order valence-electron chi connectivity index (χ4n) is 1.94. The predicted molar refractivity (Wildman–Crippen MR) is 82.7 cm³/mol. The van der Waals surface area contributed by atoms with Gasteiger partial charge in [-0.1, -0.05) is 0 Å². The number of nitrogens with one attached hydrogen (secondary N) is 1. The molecule has 1 amide bonds. The van der Waals surface area contributed by atoms with Crippen LogP contribution in [0.5, 0.6) is 0 Å². The second-order valence-corrected chi connectivity index (χ2v) is 7.47. The summed E-state index contributed by atoms with van der Waals surface area (Å²) in [4.78, 5) is 15.6. The molecule has 0 unspecified atom stereocenters. The Labute approximate surface area is 133 Å². The summed E-state index contributed by atoms with van der Waals surface area (Å²) in [6.45, 7) is 3.49. The molecule has 0 aliphatic heterocycles. The maximum atomic E-state index is 12.9. The average molecular weight is 340 g/mol. The second-order valence-electron chi connectivity index (χ2n) is 5.41. The SMILES string of the molecule is CC(C)NC(=O)CS(=O)(=O)Cc1coc(-c2ccc(F)cc2)n1. The van der Waals surface area contributed by atoms with E-state index in [4.69, 9.17) is 4.42 Å². The third-order valence-corrected chi connectivity index (χ3v) is 4.25. The van der Waals surface area contributed by atoms with Gasteiger partial charge in [0.05, 0.1) is 11.4 Å². The van der Waals surface area contributed by atoms with E-state index in [1.54, 1.807) is 13.8 Å². The van der Waals surface area contributed by atoms with Crippen LogP contribution in [-0.2, 0) is 20.4 Å². The largest absolute Gasteiger partial charge is 0.444 e. The predicted octanol–water partition coefficient (Wildman–Crippen LogP) is 1.92. The van der Waals surface area contributed by atoms with Crippen LogP contribution < -0.4 is 5.32 Å². The monoisotopic (exact) mass is 340 g/mol. The Kier molecular flexibility index (Phi) is 5.15. The number of amides is 1. The van der Waals surface area contributed by atoms with Crippen LogP contribution in [-0.4, -0.2) is 31.1 Å². The van der Waals surface area contributed by atoms with E-state index in [0.717, 1.165) is 0 Å². The lowest BCUT2D eigenvalue weighted by molar-refractivity contribution is -0.119. The van der Waals surface area contributed by atoms with Crippen molar-refractivity contribution in [2.75, 3.05) is 5.75 Å². The molecule has 0 saturated heterocycles. The van der Waals surface area contributed by atoms with Gasteiger partial charge < -0.3 is 9.73 Å². The maximum Gasteiger partial charge on any atom is 0.235 e. The van der Waals surface area contributed by atoms with E-state index in [1.165, 1.54) is 30.5 Å². The molecule has 2 rings (SSSR count). The lowest BCUT2D eigenvalue weighted by Crippen LogP contribution is -2.35. The number of oxazole rings is 1. The van der Waals surface area contributed by atoms with Gasteiger partial charge in [0.1, 0.15) is 17.8 Å². The smallest absolute Gasteiger partial charge is 0.235 e. The second kappa shape index (κ2) is 6.91. The highest BCUT2D eigenvalue weighted by Crippen LogP contribution is 2.19. The molecule has 0 bridgehead atoms. The minimum atomic E-state index is -3.65. The molecule has 0 fully saturated rings. The molecule has 2 aromatic rings. The molecule has 1 heterocycles. The molecule has 0 radical (unpaired) electrons. The Balaban J connectivity index is 2.06. The average Bonchev–Trinajstić information content (AvgIpc) is 2.85. The molecule has 1 N–H and O–H groups in total. The number of halogens is 1. The van der Waals surface area contributed by atoms with E-state index >= 15 is 0 Å². The first-order valence-electron chi connectivity index (χ1n) is 6.95. The lowest BCUT2D eigenvalue weighted by Gasteiger charge is -2.07. The number of hydrogen-bond acceptors (Lipinski definition) is 5. The third-order valence-electron chi connectivity index (χ3n) is 2.81. The molecule has 124 valence electrons. The minimum Gasteiger partial charge on any atom is -0.444 e. The standard InChI is InChI=1S/C15H17FN2O4S/c1-10(2)17-14(19)9-23(20,21)8-13-7-22-15(18-13)11-3-5-12(16)6-4-11/h3-7,10H,8-9H2,1-2H3,(H,17,19). The first-order valence-corrected chi connectivity index (χ1v) is 8.77. The number of nitrogens with zero attached hydrogens (tertiary/aromatic N) is 1. The molecule has 1 aromatic heterocycles. The van der Waals surface area contributed by atoms with Gasteiger partial charge >= 0.3 is 0 Å². The summed E-state index contributed by atoms with van der Waals surface area (Å²) in [6.07, 6.45) is 1.22. The van der Waals surface area contributed by atoms with Gasteiger partial charge in [-0.05, 0) is 38.1 Å². The Hall–Kier alpha value is -2.22. The normalized spacial score (nSPS) is 11.7. The van der Waals surface area contributed by atoms with Crippen molar-refractivity contribution in [2.45, 2.75) is 25.6 Å². The first kappa shape index (κ1) is 17.1. The van der Waals surface area contributed by atoms with Crippen molar-refractivity contribution < 1.29 is 22.0 Å². The van der Waals surface area contributed by atoms with Gasteiger partial charge in [0.25, 0.3) is 0 Å². The number of sulfone groups is 1. The van der Waals surface area contributed by atoms with Gasteiger partial charge in [-0.3, -0.25) is 4.79 Å². The van der Waals surface area contributed by atoms with Crippen LogP contribution in [0.2, 0.25) is 0 Å². The summed E-state index contributed by atoms with van der Waals surface area (Å²) in [5.74, 6) is -1.75. The molecular formula is C15H17FN2O4S. The van der Waals surface area contributed by atoms with E-state index < -0.39 is 27.3 Å². The molecule has 0 saturated carbocycles. The van der Waals surface area contributed by atoms with Crippen LogP contribution in [0.15, 0.2) is 34.9 Å². The highest BCUT2D eigenvalue weighted by molar-refractivity contribution is 7.91. The number of carbonyl (C=O) groups excluding carboxylic acids is 1. The van der Waals surface area contributed by atoms with Gasteiger partial charge in [-0.25, -0.2) is 17.8 Å². The summed E-state index contributed by atoms with van der Waals surface area (Å²) >= 11 is 0. The molecule has 6 nitrogen and oxygen atoms in total. The Morgan fingerprint density at radius 1 is 1.30 bits per heavy atom. The summed E-state index contributed by atoms with van der Waals surface area (Å²) in [5.41, 5.74) is 0.731. The van der Waals surface area contributed by atoms with Crippen LogP contribution in [0.3, 0.4) is 0 Å². The number of carbonyl (C=O) groups is 1. The van der Waals surface area contributed by atoms with E-state index in [2.05, 4.69) is 10.3 Å². The first-order chi connectivity index (χ1) is 10.7. The van der Waals surface area contributed by atoms with Crippen molar-refractivity contribution in [1.82, 2.24) is 10.3 Å². The number of hydrogen-bond donors (Lipinski definition) is 1. The summed E-state index contributed by atoms with van der Waals surface area (Å²) in [5, 5.41) is 2.52. The Morgan fingerprint density at radius 2 is 1.96 bits per heavy atom. The zero-order valence-electron chi connectivity index (χ0n) is 12.7. The van der Waals surface area contributed by atoms with Gasteiger partial charge in [-0.15, -0.1) is 0 Å². The van der Waals surface area contributed by atoms with Crippen LogP contribution in [0.4, 0.5) is 4.39 Å². The van der Waals surface area contributed by atoms with Gasteiger partial charge in [-0.2, -0.15) is 0 Å². The highest BCUT2D eigenvalue weighted by Gasteiger charge is 2.20. The maximum absolute atomic E-state index is 12.9. The van der Waals surface area contributed by atoms with Gasteiger partial charge in [0.15, 0.2) is 9.84 Å². The van der Waals surface area contributed by atoms with E-state index in [1.807, 2.05) is 0 Å². The summed E-state index contributed by atoms with van der Waals surface area (Å²) in [6, 6.07) is 5.35. The fourth-order valence-corrected chi connectivity index (χ4v) is 3.11. The van der Waals surface area contributed by atoms with E-state index in [9.17, 15) is 17.6 Å². The van der Waals surface area contributed by atoms with E-state index in [0.29, 0.717) is 5.56 Å². The lowest BCUT2D eigenvalue weighted by atomic mass is 10.2. The molecular weight excluding hydrogens is 323 g/mol. The van der Waals surface area contributed by atoms with Gasteiger partial charge in [0, 0.05) is 11.6 Å². The quantitative estimate of drug-likeness (QED) is 0.868. The molecule has 0 aliphatic carbocycles. The van der Waals surface area contributed by atoms with Crippen molar-refractivity contribution in [3.8, 4) is 11.5 Å². The number of aromatic nitrogens is 1. The molecule has 0 aliphatic rings. The van der Waals surface area contributed by atoms with Crippen molar-refractivity contribution in [3.63, 3.8) is 0 Å². The minimum absolute atomic E-state index is 0.130. The number of benzene rings is 1. The molecule has 23 heavy (non-hydrogen) atoms. The molecule has 8 heteroatoms. The van der Waals surface area contributed by atoms with Gasteiger partial charge in [0.2, 0.25) is 11.8 Å². The topological polar surface area (TPSA) is 89.3 Å².